The number of hydrogen-bond acceptors (Lipinski definition) is 4. The molecule has 0 amide bonds. The van der Waals surface area contributed by atoms with Crippen LogP contribution in [0.1, 0.15) is 17.4 Å². The lowest BCUT2D eigenvalue weighted by atomic mass is 10.4. The van der Waals surface area contributed by atoms with Gasteiger partial charge in [0, 0.05) is 6.07 Å². The van der Waals surface area contributed by atoms with E-state index in [0.717, 1.165) is 0 Å². The fraction of sp³-hybridized carbons (Fsp3) is 0.556. The number of alkyl halides is 1. The Hall–Kier alpha value is -1.59. The predicted molar refractivity (Wildman–Crippen MR) is 48.6 cm³/mol. The van der Waals surface area contributed by atoms with Crippen molar-refractivity contribution in [3.8, 4) is 5.88 Å². The molecule has 1 unspecified atom stereocenters. The summed E-state index contributed by atoms with van der Waals surface area (Å²) in [5.74, 6) is -0.106. The van der Waals surface area contributed by atoms with E-state index in [1.54, 1.807) is 6.92 Å². The molecular weight excluding hydrogens is 203 g/mol. The van der Waals surface area contributed by atoms with E-state index in [1.165, 1.54) is 10.7 Å². The number of carbonyl (C=O) groups excluding carboxylic acids is 1. The first-order chi connectivity index (χ1) is 7.20. The molecule has 0 aromatic carbocycles. The van der Waals surface area contributed by atoms with Crippen molar-refractivity contribution in [1.82, 2.24) is 9.78 Å². The lowest BCUT2D eigenvalue weighted by Gasteiger charge is -2.17. The van der Waals surface area contributed by atoms with Gasteiger partial charge < -0.3 is 9.47 Å². The zero-order valence-corrected chi connectivity index (χ0v) is 8.27. The van der Waals surface area contributed by atoms with Crippen LogP contribution in [0.15, 0.2) is 6.07 Å². The summed E-state index contributed by atoms with van der Waals surface area (Å²) in [7, 11) is 0. The molecule has 5 nitrogen and oxygen atoms in total. The molecule has 0 bridgehead atoms. The van der Waals surface area contributed by atoms with Crippen LogP contribution >= 0.6 is 0 Å². The highest BCUT2D eigenvalue weighted by Crippen LogP contribution is 2.20. The molecule has 1 aromatic rings. The van der Waals surface area contributed by atoms with E-state index >= 15 is 0 Å². The Morgan fingerprint density at radius 1 is 1.87 bits per heavy atom. The number of rotatable bonds is 2. The fourth-order valence-electron chi connectivity index (χ4n) is 1.37. The molecule has 0 saturated carbocycles. The molecule has 0 radical (unpaired) electrons. The number of hydrogen-bond donors (Lipinski definition) is 0. The van der Waals surface area contributed by atoms with Crippen molar-refractivity contribution in [2.24, 2.45) is 0 Å². The number of aromatic nitrogens is 2. The average molecular weight is 214 g/mol. The topological polar surface area (TPSA) is 53.4 Å². The molecule has 82 valence electrons. The smallest absolute Gasteiger partial charge is 0.358 e. The van der Waals surface area contributed by atoms with E-state index in [9.17, 15) is 9.18 Å². The SMILES string of the molecule is CCOC(=O)c1cc2n(n1)CC(F)CO2. The predicted octanol–water partition coefficient (Wildman–Crippen LogP) is 0.790. The number of esters is 1. The molecule has 1 aliphatic heterocycles. The minimum absolute atomic E-state index is 0.00790. The third-order valence-corrected chi connectivity index (χ3v) is 2.01. The quantitative estimate of drug-likeness (QED) is 0.683. The molecule has 6 heteroatoms. The Morgan fingerprint density at radius 2 is 2.67 bits per heavy atom. The Bertz CT molecular complexity index is 377. The van der Waals surface area contributed by atoms with Crippen LogP contribution in [0.5, 0.6) is 5.88 Å². The standard InChI is InChI=1S/C9H11FN2O3/c1-2-14-9(13)7-3-8-12(11-7)4-6(10)5-15-8/h3,6H,2,4-5H2,1H3. The van der Waals surface area contributed by atoms with E-state index in [0.29, 0.717) is 5.88 Å². The van der Waals surface area contributed by atoms with Crippen molar-refractivity contribution < 1.29 is 18.7 Å². The molecule has 0 N–H and O–H groups in total. The van der Waals surface area contributed by atoms with E-state index < -0.39 is 12.1 Å². The van der Waals surface area contributed by atoms with Crippen molar-refractivity contribution in [3.63, 3.8) is 0 Å². The van der Waals surface area contributed by atoms with Crippen LogP contribution in [-0.4, -0.2) is 35.1 Å². The van der Waals surface area contributed by atoms with Crippen LogP contribution in [0.2, 0.25) is 0 Å². The first kappa shape index (κ1) is 9.95. The van der Waals surface area contributed by atoms with Crippen molar-refractivity contribution >= 4 is 5.97 Å². The van der Waals surface area contributed by atoms with Crippen molar-refractivity contribution in [2.45, 2.75) is 19.6 Å². The van der Waals surface area contributed by atoms with E-state index in [1.807, 2.05) is 0 Å². The third-order valence-electron chi connectivity index (χ3n) is 2.01. The first-order valence-electron chi connectivity index (χ1n) is 4.72. The van der Waals surface area contributed by atoms with Gasteiger partial charge in [-0.2, -0.15) is 5.10 Å². The lowest BCUT2D eigenvalue weighted by molar-refractivity contribution is 0.0517. The van der Waals surface area contributed by atoms with E-state index in [2.05, 4.69) is 5.10 Å². The van der Waals surface area contributed by atoms with Gasteiger partial charge in [-0.25, -0.2) is 13.9 Å². The second-order valence-corrected chi connectivity index (χ2v) is 3.18. The molecule has 1 atom stereocenters. The molecule has 1 aromatic heterocycles. The second kappa shape index (κ2) is 3.88. The van der Waals surface area contributed by atoms with Gasteiger partial charge in [-0.15, -0.1) is 0 Å². The average Bonchev–Trinajstić information content (AvgIpc) is 2.60. The number of ether oxygens (including phenoxy) is 2. The Kier molecular flexibility index (Phi) is 2.57. The first-order valence-corrected chi connectivity index (χ1v) is 4.72. The molecular formula is C9H11FN2O3. The Balaban J connectivity index is 2.19. The molecule has 0 saturated heterocycles. The lowest BCUT2D eigenvalue weighted by Crippen LogP contribution is -2.26. The van der Waals surface area contributed by atoms with E-state index in [-0.39, 0.29) is 25.5 Å². The molecule has 15 heavy (non-hydrogen) atoms. The highest BCUT2D eigenvalue weighted by Gasteiger charge is 2.23. The highest BCUT2D eigenvalue weighted by atomic mass is 19.1. The molecule has 2 rings (SSSR count). The zero-order valence-electron chi connectivity index (χ0n) is 8.27. The minimum atomic E-state index is -1.08. The summed E-state index contributed by atoms with van der Waals surface area (Å²) in [5, 5.41) is 3.90. The molecule has 0 aliphatic carbocycles. The summed E-state index contributed by atoms with van der Waals surface area (Å²) in [6, 6.07) is 1.46. The van der Waals surface area contributed by atoms with E-state index in [4.69, 9.17) is 9.47 Å². The zero-order chi connectivity index (χ0) is 10.8. The van der Waals surface area contributed by atoms with Crippen molar-refractivity contribution in [3.05, 3.63) is 11.8 Å². The Labute approximate surface area is 85.8 Å². The summed E-state index contributed by atoms with van der Waals surface area (Å²) in [6.45, 7) is 2.12. The number of nitrogens with zero attached hydrogens (tertiary/aromatic N) is 2. The maximum Gasteiger partial charge on any atom is 0.358 e. The maximum atomic E-state index is 12.9. The van der Waals surface area contributed by atoms with Crippen molar-refractivity contribution in [2.75, 3.05) is 13.2 Å². The van der Waals surface area contributed by atoms with Gasteiger partial charge in [0.05, 0.1) is 13.2 Å². The molecule has 0 fully saturated rings. The number of fused-ring (bicyclic) bond motifs is 1. The van der Waals surface area contributed by atoms with Gasteiger partial charge in [0.15, 0.2) is 11.9 Å². The summed E-state index contributed by atoms with van der Waals surface area (Å²) < 4.78 is 24.1. The summed E-state index contributed by atoms with van der Waals surface area (Å²) >= 11 is 0. The second-order valence-electron chi connectivity index (χ2n) is 3.18. The molecule has 0 spiro atoms. The maximum absolute atomic E-state index is 12.9. The third kappa shape index (κ3) is 1.93. The Morgan fingerprint density at radius 3 is 3.40 bits per heavy atom. The monoisotopic (exact) mass is 214 g/mol. The minimum Gasteiger partial charge on any atom is -0.475 e. The number of carbonyl (C=O) groups is 1. The largest absolute Gasteiger partial charge is 0.475 e. The van der Waals surface area contributed by atoms with Crippen LogP contribution in [0.4, 0.5) is 4.39 Å². The van der Waals surface area contributed by atoms with Crippen LogP contribution in [0, 0.1) is 0 Å². The van der Waals surface area contributed by atoms with Gasteiger partial charge in [-0.05, 0) is 6.92 Å². The fourth-order valence-corrected chi connectivity index (χ4v) is 1.37. The van der Waals surface area contributed by atoms with Crippen LogP contribution in [-0.2, 0) is 11.3 Å². The van der Waals surface area contributed by atoms with Crippen LogP contribution in [0.25, 0.3) is 0 Å². The molecule has 2 heterocycles. The molecule has 1 aliphatic rings. The van der Waals surface area contributed by atoms with Crippen LogP contribution < -0.4 is 4.74 Å². The highest BCUT2D eigenvalue weighted by molar-refractivity contribution is 5.87. The normalized spacial score (nSPS) is 19.2. The van der Waals surface area contributed by atoms with Crippen LogP contribution in [0.3, 0.4) is 0 Å². The van der Waals surface area contributed by atoms with Gasteiger partial charge in [0.25, 0.3) is 0 Å². The van der Waals surface area contributed by atoms with Gasteiger partial charge >= 0.3 is 5.97 Å². The van der Waals surface area contributed by atoms with Crippen molar-refractivity contribution in [1.29, 1.82) is 0 Å². The van der Waals surface area contributed by atoms with Gasteiger partial charge in [0.1, 0.15) is 6.61 Å². The number of halogens is 1. The summed E-state index contributed by atoms with van der Waals surface area (Å²) in [5.41, 5.74) is 0.154. The van der Waals surface area contributed by atoms with Gasteiger partial charge in [0.2, 0.25) is 5.88 Å². The van der Waals surface area contributed by atoms with Gasteiger partial charge in [-0.1, -0.05) is 0 Å². The summed E-state index contributed by atoms with van der Waals surface area (Å²) in [4.78, 5) is 11.3. The summed E-state index contributed by atoms with van der Waals surface area (Å²) in [6.07, 6.45) is -1.08. The van der Waals surface area contributed by atoms with Gasteiger partial charge in [-0.3, -0.25) is 0 Å².